The van der Waals surface area contributed by atoms with Crippen LogP contribution in [0.1, 0.15) is 27.2 Å². The molecule has 1 heterocycles. The summed E-state index contributed by atoms with van der Waals surface area (Å²) in [4.78, 5) is 10.8. The average molecular weight is 188 g/mol. The third-order valence-electron chi connectivity index (χ3n) is 2.58. The summed E-state index contributed by atoms with van der Waals surface area (Å²) in [5.41, 5.74) is 3.55. The number of carbonyl (C=O) groups excluding carboxylic acids is 1. The average Bonchev–Trinajstić information content (AvgIpc) is 2.43. The molecule has 0 aliphatic heterocycles. The molecule has 14 heavy (non-hydrogen) atoms. The van der Waals surface area contributed by atoms with E-state index in [9.17, 15) is 4.79 Å². The number of furan rings is 1. The molecule has 0 amide bonds. The predicted octanol–water partition coefficient (Wildman–Crippen LogP) is 3.17. The molecular weight excluding hydrogens is 176 g/mol. The Labute approximate surface area is 82.5 Å². The predicted molar refractivity (Wildman–Crippen MR) is 55.8 cm³/mol. The first-order chi connectivity index (χ1) is 6.63. The number of benzene rings is 1. The van der Waals surface area contributed by atoms with Crippen molar-refractivity contribution in [3.63, 3.8) is 0 Å². The van der Waals surface area contributed by atoms with Crippen LogP contribution < -0.4 is 0 Å². The van der Waals surface area contributed by atoms with Gasteiger partial charge in [-0.2, -0.15) is 0 Å². The zero-order chi connectivity index (χ0) is 10.3. The van der Waals surface area contributed by atoms with E-state index >= 15 is 0 Å². The van der Waals surface area contributed by atoms with Crippen LogP contribution in [0.4, 0.5) is 0 Å². The lowest BCUT2D eigenvalue weighted by atomic mass is 10.1. The minimum absolute atomic E-state index is 0.635. The van der Waals surface area contributed by atoms with Crippen LogP contribution in [0.3, 0.4) is 0 Å². The largest absolute Gasteiger partial charge is 0.460 e. The van der Waals surface area contributed by atoms with Gasteiger partial charge < -0.3 is 4.42 Å². The van der Waals surface area contributed by atoms with E-state index in [2.05, 4.69) is 0 Å². The van der Waals surface area contributed by atoms with Crippen molar-refractivity contribution in [2.45, 2.75) is 20.8 Å². The molecule has 0 saturated carbocycles. The zero-order valence-corrected chi connectivity index (χ0v) is 8.55. The highest BCUT2D eigenvalue weighted by atomic mass is 16.3. The van der Waals surface area contributed by atoms with E-state index in [-0.39, 0.29) is 0 Å². The Bertz CT molecular complexity index is 507. The molecule has 1 aromatic carbocycles. The maximum absolute atomic E-state index is 10.8. The molecule has 2 heteroatoms. The van der Waals surface area contributed by atoms with Gasteiger partial charge in [-0.1, -0.05) is 0 Å². The molecule has 0 aliphatic carbocycles. The van der Waals surface area contributed by atoms with Crippen molar-refractivity contribution in [2.75, 3.05) is 0 Å². The Hall–Kier alpha value is -1.57. The summed E-state index contributed by atoms with van der Waals surface area (Å²) in [6.07, 6.45) is 0.845. The molecule has 0 unspecified atom stereocenters. The third kappa shape index (κ3) is 1.15. The van der Waals surface area contributed by atoms with Crippen LogP contribution in [-0.2, 0) is 0 Å². The smallest absolute Gasteiger partial charge is 0.153 e. The Morgan fingerprint density at radius 2 is 1.93 bits per heavy atom. The standard InChI is InChI=1S/C12H12O2/c1-7-4-10(6-13)12-11(5-7)8(2)9(3)14-12/h4-6H,1-3H3. The summed E-state index contributed by atoms with van der Waals surface area (Å²) in [6, 6.07) is 3.89. The fourth-order valence-corrected chi connectivity index (χ4v) is 1.70. The van der Waals surface area contributed by atoms with Gasteiger partial charge in [0.15, 0.2) is 6.29 Å². The highest BCUT2D eigenvalue weighted by Crippen LogP contribution is 2.27. The van der Waals surface area contributed by atoms with Gasteiger partial charge in [0.05, 0.1) is 5.56 Å². The lowest BCUT2D eigenvalue weighted by molar-refractivity contribution is 0.112. The summed E-state index contributed by atoms with van der Waals surface area (Å²) in [7, 11) is 0. The number of hydrogen-bond acceptors (Lipinski definition) is 2. The minimum atomic E-state index is 0.635. The van der Waals surface area contributed by atoms with Crippen LogP contribution in [-0.4, -0.2) is 6.29 Å². The van der Waals surface area contributed by atoms with E-state index in [0.717, 1.165) is 28.6 Å². The molecule has 72 valence electrons. The van der Waals surface area contributed by atoms with Crippen molar-refractivity contribution >= 4 is 17.3 Å². The molecule has 2 nitrogen and oxygen atoms in total. The Balaban J connectivity index is 2.94. The van der Waals surface area contributed by atoms with Crippen molar-refractivity contribution in [2.24, 2.45) is 0 Å². The van der Waals surface area contributed by atoms with Crippen LogP contribution in [0.2, 0.25) is 0 Å². The Morgan fingerprint density at radius 3 is 2.57 bits per heavy atom. The summed E-state index contributed by atoms with van der Waals surface area (Å²) in [6.45, 7) is 5.91. The number of fused-ring (bicyclic) bond motifs is 1. The second-order valence-corrected chi connectivity index (χ2v) is 3.63. The van der Waals surface area contributed by atoms with Gasteiger partial charge in [-0.15, -0.1) is 0 Å². The number of aryl methyl sites for hydroxylation is 3. The van der Waals surface area contributed by atoms with Gasteiger partial charge in [-0.25, -0.2) is 0 Å². The molecule has 2 aromatic rings. The highest BCUT2D eigenvalue weighted by Gasteiger charge is 2.10. The fourth-order valence-electron chi connectivity index (χ4n) is 1.70. The lowest BCUT2D eigenvalue weighted by Crippen LogP contribution is -1.83. The molecule has 1 aromatic heterocycles. The Morgan fingerprint density at radius 1 is 1.21 bits per heavy atom. The molecule has 0 saturated heterocycles. The van der Waals surface area contributed by atoms with E-state index in [1.165, 1.54) is 0 Å². The maximum Gasteiger partial charge on any atom is 0.153 e. The lowest BCUT2D eigenvalue weighted by Gasteiger charge is -1.96. The minimum Gasteiger partial charge on any atom is -0.460 e. The van der Waals surface area contributed by atoms with Crippen LogP contribution >= 0.6 is 0 Å². The summed E-state index contributed by atoms with van der Waals surface area (Å²) in [5.74, 6) is 0.883. The van der Waals surface area contributed by atoms with Crippen molar-refractivity contribution in [3.05, 3.63) is 34.6 Å². The SMILES string of the molecule is Cc1cc(C=O)c2oc(C)c(C)c2c1. The number of rotatable bonds is 1. The van der Waals surface area contributed by atoms with Gasteiger partial charge in [0.25, 0.3) is 0 Å². The zero-order valence-electron chi connectivity index (χ0n) is 8.55. The maximum atomic E-state index is 10.8. The van der Waals surface area contributed by atoms with Crippen molar-refractivity contribution < 1.29 is 9.21 Å². The third-order valence-corrected chi connectivity index (χ3v) is 2.58. The van der Waals surface area contributed by atoms with E-state index in [0.29, 0.717) is 11.1 Å². The second kappa shape index (κ2) is 2.98. The topological polar surface area (TPSA) is 30.2 Å². The summed E-state index contributed by atoms with van der Waals surface area (Å²) >= 11 is 0. The molecule has 0 fully saturated rings. The molecule has 0 radical (unpaired) electrons. The van der Waals surface area contributed by atoms with Crippen molar-refractivity contribution in [1.29, 1.82) is 0 Å². The van der Waals surface area contributed by atoms with E-state index in [1.807, 2.05) is 32.9 Å². The van der Waals surface area contributed by atoms with Crippen molar-refractivity contribution in [3.8, 4) is 0 Å². The molecular formula is C12H12O2. The van der Waals surface area contributed by atoms with Gasteiger partial charge in [-0.05, 0) is 44.0 Å². The number of carbonyl (C=O) groups is 1. The van der Waals surface area contributed by atoms with Gasteiger partial charge >= 0.3 is 0 Å². The van der Waals surface area contributed by atoms with Gasteiger partial charge in [0.1, 0.15) is 11.3 Å². The van der Waals surface area contributed by atoms with Crippen LogP contribution in [0.25, 0.3) is 11.0 Å². The van der Waals surface area contributed by atoms with E-state index in [1.54, 1.807) is 0 Å². The van der Waals surface area contributed by atoms with Crippen LogP contribution in [0.15, 0.2) is 16.5 Å². The Kier molecular flexibility index (Phi) is 1.92. The highest BCUT2D eigenvalue weighted by molar-refractivity contribution is 5.97. The first-order valence-electron chi connectivity index (χ1n) is 4.59. The molecule has 0 spiro atoms. The first-order valence-corrected chi connectivity index (χ1v) is 4.59. The second-order valence-electron chi connectivity index (χ2n) is 3.63. The monoisotopic (exact) mass is 188 g/mol. The van der Waals surface area contributed by atoms with E-state index < -0.39 is 0 Å². The first kappa shape index (κ1) is 9.00. The number of hydrogen-bond donors (Lipinski definition) is 0. The normalized spacial score (nSPS) is 10.8. The molecule has 0 atom stereocenters. The molecule has 2 rings (SSSR count). The van der Waals surface area contributed by atoms with Gasteiger partial charge in [0.2, 0.25) is 0 Å². The van der Waals surface area contributed by atoms with E-state index in [4.69, 9.17) is 4.42 Å². The van der Waals surface area contributed by atoms with Crippen molar-refractivity contribution in [1.82, 2.24) is 0 Å². The quantitative estimate of drug-likeness (QED) is 0.643. The fraction of sp³-hybridized carbons (Fsp3) is 0.250. The molecule has 0 aliphatic rings. The summed E-state index contributed by atoms with van der Waals surface area (Å²) in [5, 5.41) is 1.05. The summed E-state index contributed by atoms with van der Waals surface area (Å²) < 4.78 is 5.54. The van der Waals surface area contributed by atoms with Crippen LogP contribution in [0, 0.1) is 20.8 Å². The van der Waals surface area contributed by atoms with Gasteiger partial charge in [-0.3, -0.25) is 4.79 Å². The van der Waals surface area contributed by atoms with Gasteiger partial charge in [0, 0.05) is 5.39 Å². The molecule has 0 bridgehead atoms. The molecule has 0 N–H and O–H groups in total. The number of aldehydes is 1. The van der Waals surface area contributed by atoms with Crippen LogP contribution in [0.5, 0.6) is 0 Å².